The molecule has 0 amide bonds. The maximum Gasteiger partial charge on any atom is 0.271 e. The molecule has 1 aromatic carbocycles. The molecule has 4 nitrogen and oxygen atoms in total. The Morgan fingerprint density at radius 1 is 1.29 bits per heavy atom. The van der Waals surface area contributed by atoms with Gasteiger partial charge in [0.1, 0.15) is 9.96 Å². The highest BCUT2D eigenvalue weighted by Gasteiger charge is 2.19. The molecule has 0 unspecified atom stereocenters. The van der Waals surface area contributed by atoms with Crippen molar-refractivity contribution < 1.29 is 13.2 Å². The number of nitrogens with one attached hydrogen (secondary N) is 1. The number of thiophene rings is 1. The van der Waals surface area contributed by atoms with Gasteiger partial charge in [0.05, 0.1) is 14.9 Å². The van der Waals surface area contributed by atoms with E-state index in [9.17, 15) is 8.42 Å². The summed E-state index contributed by atoms with van der Waals surface area (Å²) in [6.07, 6.45) is 0.0677. The Balaban J connectivity index is 2.17. The van der Waals surface area contributed by atoms with Crippen LogP contribution in [0.2, 0.25) is 5.02 Å². The van der Waals surface area contributed by atoms with Crippen LogP contribution in [0.1, 0.15) is 13.8 Å². The minimum Gasteiger partial charge on any atom is -0.491 e. The van der Waals surface area contributed by atoms with Gasteiger partial charge >= 0.3 is 0 Å². The van der Waals surface area contributed by atoms with Gasteiger partial charge in [-0.25, -0.2) is 8.42 Å². The van der Waals surface area contributed by atoms with Crippen LogP contribution in [0.15, 0.2) is 38.3 Å². The molecular formula is C13H13BrClNO3S2. The summed E-state index contributed by atoms with van der Waals surface area (Å²) >= 11 is 10.1. The number of hydrogen-bond donors (Lipinski definition) is 1. The Morgan fingerprint density at radius 3 is 2.38 bits per heavy atom. The van der Waals surface area contributed by atoms with Gasteiger partial charge in [-0.3, -0.25) is 4.72 Å². The predicted octanol–water partition coefficient (Wildman–Crippen LogP) is 4.75. The Hall–Kier alpha value is -0.760. The molecule has 114 valence electrons. The quantitative estimate of drug-likeness (QED) is 0.773. The molecule has 0 saturated carbocycles. The molecule has 1 heterocycles. The van der Waals surface area contributed by atoms with E-state index in [1.807, 2.05) is 13.8 Å². The maximum atomic E-state index is 12.2. The second-order valence-corrected chi connectivity index (χ2v) is 9.17. The third kappa shape index (κ3) is 4.35. The van der Waals surface area contributed by atoms with Crippen LogP contribution in [0.5, 0.6) is 5.75 Å². The van der Waals surface area contributed by atoms with E-state index in [1.165, 1.54) is 6.07 Å². The summed E-state index contributed by atoms with van der Waals surface area (Å²) in [5, 5.41) is 0.376. The molecule has 1 N–H and O–H groups in total. The first kappa shape index (κ1) is 16.6. The molecular weight excluding hydrogens is 398 g/mol. The molecule has 21 heavy (non-hydrogen) atoms. The fraction of sp³-hybridized carbons (Fsp3) is 0.231. The van der Waals surface area contributed by atoms with Crippen molar-refractivity contribution in [1.29, 1.82) is 0 Å². The van der Waals surface area contributed by atoms with Crippen LogP contribution >= 0.6 is 38.9 Å². The van der Waals surface area contributed by atoms with Crippen molar-refractivity contribution >= 4 is 54.6 Å². The molecule has 0 spiro atoms. The SMILES string of the molecule is CC(C)Oc1ccc(NS(=O)(=O)c2cc(Cl)c(Br)s2)cc1. The molecule has 0 aliphatic carbocycles. The lowest BCUT2D eigenvalue weighted by molar-refractivity contribution is 0.242. The lowest BCUT2D eigenvalue weighted by atomic mass is 10.3. The lowest BCUT2D eigenvalue weighted by Gasteiger charge is -2.11. The number of halogens is 2. The van der Waals surface area contributed by atoms with Gasteiger partial charge in [-0.15, -0.1) is 11.3 Å². The highest BCUT2D eigenvalue weighted by atomic mass is 79.9. The molecule has 0 atom stereocenters. The third-order valence-electron chi connectivity index (χ3n) is 2.37. The Morgan fingerprint density at radius 2 is 1.90 bits per heavy atom. The summed E-state index contributed by atoms with van der Waals surface area (Å²) in [7, 11) is -3.64. The highest BCUT2D eigenvalue weighted by molar-refractivity contribution is 9.11. The van der Waals surface area contributed by atoms with Gasteiger partial charge in [-0.1, -0.05) is 11.6 Å². The largest absolute Gasteiger partial charge is 0.491 e. The molecule has 0 bridgehead atoms. The van der Waals surface area contributed by atoms with E-state index in [2.05, 4.69) is 20.7 Å². The molecule has 0 aliphatic heterocycles. The fourth-order valence-electron chi connectivity index (χ4n) is 1.54. The van der Waals surface area contributed by atoms with E-state index in [1.54, 1.807) is 24.3 Å². The van der Waals surface area contributed by atoms with Crippen LogP contribution in [0.25, 0.3) is 0 Å². The summed E-state index contributed by atoms with van der Waals surface area (Å²) in [4.78, 5) is 0. The van der Waals surface area contributed by atoms with Gasteiger partial charge in [-0.2, -0.15) is 0 Å². The number of sulfonamides is 1. The summed E-state index contributed by atoms with van der Waals surface area (Å²) < 4.78 is 33.2. The summed E-state index contributed by atoms with van der Waals surface area (Å²) in [6.45, 7) is 3.85. The average molecular weight is 411 g/mol. The zero-order valence-corrected chi connectivity index (χ0v) is 15.2. The van der Waals surface area contributed by atoms with E-state index in [-0.39, 0.29) is 10.3 Å². The van der Waals surface area contributed by atoms with Crippen LogP contribution in [0.4, 0.5) is 5.69 Å². The highest BCUT2D eigenvalue weighted by Crippen LogP contribution is 2.35. The standard InChI is InChI=1S/C13H13BrClNO3S2/c1-8(2)19-10-5-3-9(4-6-10)16-21(17,18)12-7-11(15)13(14)20-12/h3-8,16H,1-2H3. The number of rotatable bonds is 5. The molecule has 0 radical (unpaired) electrons. The molecule has 1 aromatic heterocycles. The summed E-state index contributed by atoms with van der Waals surface area (Å²) in [5.41, 5.74) is 0.465. The first-order chi connectivity index (χ1) is 9.78. The van der Waals surface area contributed by atoms with Gasteiger partial charge < -0.3 is 4.74 Å². The van der Waals surface area contributed by atoms with Crippen molar-refractivity contribution in [2.75, 3.05) is 4.72 Å². The summed E-state index contributed by atoms with van der Waals surface area (Å²) in [5.74, 6) is 0.690. The van der Waals surface area contributed by atoms with Gasteiger partial charge in [0, 0.05) is 5.69 Å². The van der Waals surface area contributed by atoms with Crippen molar-refractivity contribution in [1.82, 2.24) is 0 Å². The normalized spacial score (nSPS) is 11.7. The van der Waals surface area contributed by atoms with E-state index in [0.29, 0.717) is 20.2 Å². The van der Waals surface area contributed by atoms with E-state index in [0.717, 1.165) is 11.3 Å². The second-order valence-electron chi connectivity index (χ2n) is 4.48. The smallest absolute Gasteiger partial charge is 0.271 e. The number of anilines is 1. The topological polar surface area (TPSA) is 55.4 Å². The minimum atomic E-state index is -3.64. The van der Waals surface area contributed by atoms with Crippen molar-refractivity contribution in [2.45, 2.75) is 24.2 Å². The van der Waals surface area contributed by atoms with Crippen molar-refractivity contribution in [3.63, 3.8) is 0 Å². The summed E-state index contributed by atoms with van der Waals surface area (Å²) in [6, 6.07) is 8.15. The predicted molar refractivity (Wildman–Crippen MR) is 90.0 cm³/mol. The zero-order chi connectivity index (χ0) is 15.6. The van der Waals surface area contributed by atoms with Crippen molar-refractivity contribution in [3.8, 4) is 5.75 Å². The van der Waals surface area contributed by atoms with Crippen LogP contribution in [-0.4, -0.2) is 14.5 Å². The van der Waals surface area contributed by atoms with Crippen LogP contribution in [0.3, 0.4) is 0 Å². The minimum absolute atomic E-state index is 0.0677. The third-order valence-corrected chi connectivity index (χ3v) is 6.70. The second kappa shape index (κ2) is 6.56. The molecule has 2 aromatic rings. The van der Waals surface area contributed by atoms with Crippen LogP contribution in [0, 0.1) is 0 Å². The maximum absolute atomic E-state index is 12.2. The van der Waals surface area contributed by atoms with E-state index < -0.39 is 10.0 Å². The molecule has 2 rings (SSSR count). The van der Waals surface area contributed by atoms with Crippen LogP contribution < -0.4 is 9.46 Å². The van der Waals surface area contributed by atoms with Gasteiger partial charge in [-0.05, 0) is 60.1 Å². The van der Waals surface area contributed by atoms with Gasteiger partial charge in [0.25, 0.3) is 10.0 Å². The molecule has 0 fully saturated rings. The number of ether oxygens (including phenoxy) is 1. The average Bonchev–Trinajstić information content (AvgIpc) is 2.72. The van der Waals surface area contributed by atoms with E-state index >= 15 is 0 Å². The Labute approximate surface area is 141 Å². The molecule has 8 heteroatoms. The number of hydrogen-bond acceptors (Lipinski definition) is 4. The van der Waals surface area contributed by atoms with E-state index in [4.69, 9.17) is 16.3 Å². The molecule has 0 saturated heterocycles. The number of benzene rings is 1. The zero-order valence-electron chi connectivity index (χ0n) is 11.3. The lowest BCUT2D eigenvalue weighted by Crippen LogP contribution is -2.11. The van der Waals surface area contributed by atoms with Gasteiger partial charge in [0.2, 0.25) is 0 Å². The Bertz CT molecular complexity index is 707. The van der Waals surface area contributed by atoms with Crippen molar-refractivity contribution in [3.05, 3.63) is 39.1 Å². The monoisotopic (exact) mass is 409 g/mol. The Kier molecular flexibility index (Phi) is 5.19. The molecule has 0 aliphatic rings. The van der Waals surface area contributed by atoms with Crippen LogP contribution in [-0.2, 0) is 10.0 Å². The first-order valence-corrected chi connectivity index (χ1v) is 9.49. The first-order valence-electron chi connectivity index (χ1n) is 6.02. The van der Waals surface area contributed by atoms with Gasteiger partial charge in [0.15, 0.2) is 0 Å². The fourth-order valence-corrected chi connectivity index (χ4v) is 5.00. The van der Waals surface area contributed by atoms with Crippen molar-refractivity contribution in [2.24, 2.45) is 0 Å².